The van der Waals surface area contributed by atoms with Gasteiger partial charge >= 0.3 is 0 Å². The Morgan fingerprint density at radius 1 is 1.12 bits per heavy atom. The van der Waals surface area contributed by atoms with Gasteiger partial charge in [0, 0.05) is 33.9 Å². The Labute approximate surface area is 148 Å². The molecule has 0 atom stereocenters. The number of hydrogen-bond acceptors (Lipinski definition) is 3. The number of hydrogen-bond donors (Lipinski definition) is 1. The van der Waals surface area contributed by atoms with E-state index in [0.717, 1.165) is 26.8 Å². The quantitative estimate of drug-likeness (QED) is 0.716. The molecule has 1 aromatic heterocycles. The van der Waals surface area contributed by atoms with Gasteiger partial charge in [-0.1, -0.05) is 15.9 Å². The number of nitrogens with zero attached hydrogens (tertiary/aromatic N) is 1. The summed E-state index contributed by atoms with van der Waals surface area (Å²) in [7, 11) is 3.22. The third kappa shape index (κ3) is 3.38. The van der Waals surface area contributed by atoms with E-state index in [1.165, 1.54) is 0 Å². The Morgan fingerprint density at radius 2 is 1.88 bits per heavy atom. The van der Waals surface area contributed by atoms with Gasteiger partial charge in [-0.15, -0.1) is 0 Å². The Hall–Kier alpha value is -2.47. The third-order valence-electron chi connectivity index (χ3n) is 3.72. The molecule has 24 heavy (non-hydrogen) atoms. The van der Waals surface area contributed by atoms with Crippen LogP contribution in [-0.4, -0.2) is 24.7 Å². The number of anilines is 1. The van der Waals surface area contributed by atoms with Gasteiger partial charge in [0.2, 0.25) is 5.91 Å². The highest BCUT2D eigenvalue weighted by Crippen LogP contribution is 2.31. The molecule has 0 aliphatic rings. The molecule has 0 fully saturated rings. The van der Waals surface area contributed by atoms with Crippen LogP contribution in [0.5, 0.6) is 11.5 Å². The average molecular weight is 389 g/mol. The van der Waals surface area contributed by atoms with E-state index in [9.17, 15) is 4.79 Å². The molecule has 3 rings (SSSR count). The van der Waals surface area contributed by atoms with Gasteiger partial charge < -0.3 is 19.4 Å². The lowest BCUT2D eigenvalue weighted by molar-refractivity contribution is -0.116. The predicted molar refractivity (Wildman–Crippen MR) is 97.8 cm³/mol. The molecule has 0 bridgehead atoms. The lowest BCUT2D eigenvalue weighted by Crippen LogP contribution is -2.18. The van der Waals surface area contributed by atoms with Gasteiger partial charge in [-0.25, -0.2) is 0 Å². The van der Waals surface area contributed by atoms with Crippen LogP contribution in [0.15, 0.2) is 53.1 Å². The van der Waals surface area contributed by atoms with E-state index in [0.29, 0.717) is 5.75 Å². The third-order valence-corrected chi connectivity index (χ3v) is 4.25. The first-order valence-electron chi connectivity index (χ1n) is 7.37. The Balaban J connectivity index is 1.84. The highest BCUT2D eigenvalue weighted by Gasteiger charge is 2.12. The molecular weight excluding hydrogens is 372 g/mol. The van der Waals surface area contributed by atoms with Crippen molar-refractivity contribution in [1.29, 1.82) is 0 Å². The van der Waals surface area contributed by atoms with Crippen LogP contribution in [0.4, 0.5) is 5.69 Å². The summed E-state index contributed by atoms with van der Waals surface area (Å²) in [5.74, 6) is 1.31. The second kappa shape index (κ2) is 6.97. The lowest BCUT2D eigenvalue weighted by atomic mass is 10.2. The summed E-state index contributed by atoms with van der Waals surface area (Å²) < 4.78 is 13.5. The lowest BCUT2D eigenvalue weighted by Gasteiger charge is -2.10. The summed E-state index contributed by atoms with van der Waals surface area (Å²) in [6, 6.07) is 13.1. The van der Waals surface area contributed by atoms with E-state index in [-0.39, 0.29) is 12.5 Å². The highest BCUT2D eigenvalue weighted by atomic mass is 79.9. The number of nitrogens with one attached hydrogen (secondary N) is 1. The van der Waals surface area contributed by atoms with E-state index in [2.05, 4.69) is 21.2 Å². The largest absolute Gasteiger partial charge is 0.497 e. The molecule has 0 aliphatic heterocycles. The monoisotopic (exact) mass is 388 g/mol. The first-order chi connectivity index (χ1) is 11.6. The maximum absolute atomic E-state index is 12.3. The molecule has 1 amide bonds. The van der Waals surface area contributed by atoms with Crippen molar-refractivity contribution in [3.05, 3.63) is 53.1 Å². The number of aromatic nitrogens is 1. The molecular formula is C18H17BrN2O3. The van der Waals surface area contributed by atoms with Gasteiger partial charge in [-0.3, -0.25) is 4.79 Å². The number of ether oxygens (including phenoxy) is 2. The number of halogens is 1. The van der Waals surface area contributed by atoms with Crippen LogP contribution in [0.25, 0.3) is 10.9 Å². The summed E-state index contributed by atoms with van der Waals surface area (Å²) in [5.41, 5.74) is 1.65. The molecule has 0 saturated heterocycles. The number of benzene rings is 2. The number of rotatable bonds is 5. The fraction of sp³-hybridized carbons (Fsp3) is 0.167. The van der Waals surface area contributed by atoms with Crippen molar-refractivity contribution in [3.63, 3.8) is 0 Å². The SMILES string of the molecule is COc1cc(OC)c2ccn(CC(=O)Nc3ccc(Br)cc3)c2c1. The second-order valence-corrected chi connectivity index (χ2v) is 6.18. The molecule has 3 aromatic rings. The molecule has 5 nitrogen and oxygen atoms in total. The molecule has 0 saturated carbocycles. The van der Waals surface area contributed by atoms with Crippen molar-refractivity contribution in [3.8, 4) is 11.5 Å². The zero-order chi connectivity index (χ0) is 17.1. The van der Waals surface area contributed by atoms with Crippen LogP contribution in [0.3, 0.4) is 0 Å². The van der Waals surface area contributed by atoms with E-state index in [1.54, 1.807) is 14.2 Å². The number of amides is 1. The molecule has 0 aliphatic carbocycles. The van der Waals surface area contributed by atoms with Crippen molar-refractivity contribution in [2.24, 2.45) is 0 Å². The van der Waals surface area contributed by atoms with Gasteiger partial charge in [0.15, 0.2) is 0 Å². The molecule has 1 heterocycles. The smallest absolute Gasteiger partial charge is 0.244 e. The molecule has 1 N–H and O–H groups in total. The Bertz CT molecular complexity index is 872. The normalized spacial score (nSPS) is 10.6. The van der Waals surface area contributed by atoms with Gasteiger partial charge in [0.25, 0.3) is 0 Å². The van der Waals surface area contributed by atoms with Crippen LogP contribution < -0.4 is 14.8 Å². The van der Waals surface area contributed by atoms with E-state index in [4.69, 9.17) is 9.47 Å². The second-order valence-electron chi connectivity index (χ2n) is 5.26. The van der Waals surface area contributed by atoms with Gasteiger partial charge in [0.1, 0.15) is 18.0 Å². The average Bonchev–Trinajstić information content (AvgIpc) is 2.98. The fourth-order valence-electron chi connectivity index (χ4n) is 2.55. The van der Waals surface area contributed by atoms with Crippen LogP contribution >= 0.6 is 15.9 Å². The van der Waals surface area contributed by atoms with Crippen LogP contribution in [0.1, 0.15) is 0 Å². The first kappa shape index (κ1) is 16.4. The minimum Gasteiger partial charge on any atom is -0.497 e. The van der Waals surface area contributed by atoms with Crippen molar-refractivity contribution in [2.45, 2.75) is 6.54 Å². The highest BCUT2D eigenvalue weighted by molar-refractivity contribution is 9.10. The maximum atomic E-state index is 12.3. The number of carbonyl (C=O) groups is 1. The van der Waals surface area contributed by atoms with Gasteiger partial charge in [0.05, 0.1) is 19.7 Å². The Morgan fingerprint density at radius 3 is 2.54 bits per heavy atom. The van der Waals surface area contributed by atoms with Crippen molar-refractivity contribution in [2.75, 3.05) is 19.5 Å². The van der Waals surface area contributed by atoms with E-state index < -0.39 is 0 Å². The van der Waals surface area contributed by atoms with Gasteiger partial charge in [-0.05, 0) is 30.3 Å². The standard InChI is InChI=1S/C18H17BrN2O3/c1-23-14-9-16-15(17(10-14)24-2)7-8-21(16)11-18(22)20-13-5-3-12(19)4-6-13/h3-10H,11H2,1-2H3,(H,20,22). The number of methoxy groups -OCH3 is 2. The molecule has 0 spiro atoms. The molecule has 124 valence electrons. The summed E-state index contributed by atoms with van der Waals surface area (Å²) in [5, 5.41) is 3.83. The summed E-state index contributed by atoms with van der Waals surface area (Å²) in [6.07, 6.45) is 1.87. The zero-order valence-corrected chi connectivity index (χ0v) is 15.0. The summed E-state index contributed by atoms with van der Waals surface area (Å²) in [4.78, 5) is 12.3. The van der Waals surface area contributed by atoms with Gasteiger partial charge in [-0.2, -0.15) is 0 Å². The van der Waals surface area contributed by atoms with E-state index in [1.807, 2.05) is 53.2 Å². The predicted octanol–water partition coefficient (Wildman–Crippen LogP) is 4.06. The fourth-order valence-corrected chi connectivity index (χ4v) is 2.81. The van der Waals surface area contributed by atoms with Crippen LogP contribution in [0.2, 0.25) is 0 Å². The van der Waals surface area contributed by atoms with Crippen molar-refractivity contribution >= 4 is 38.4 Å². The minimum absolute atomic E-state index is 0.100. The summed E-state index contributed by atoms with van der Waals surface area (Å²) >= 11 is 3.37. The molecule has 0 unspecified atom stereocenters. The maximum Gasteiger partial charge on any atom is 0.244 e. The zero-order valence-electron chi connectivity index (χ0n) is 13.4. The molecule has 2 aromatic carbocycles. The first-order valence-corrected chi connectivity index (χ1v) is 8.16. The molecule has 0 radical (unpaired) electrons. The summed E-state index contributed by atoms with van der Waals surface area (Å²) in [6.45, 7) is 0.204. The van der Waals surface area contributed by atoms with E-state index >= 15 is 0 Å². The van der Waals surface area contributed by atoms with Crippen molar-refractivity contribution in [1.82, 2.24) is 4.57 Å². The number of carbonyl (C=O) groups excluding carboxylic acids is 1. The minimum atomic E-state index is -0.100. The van der Waals surface area contributed by atoms with Crippen molar-refractivity contribution < 1.29 is 14.3 Å². The molecule has 6 heteroatoms. The van der Waals surface area contributed by atoms with Crippen LogP contribution in [0, 0.1) is 0 Å². The topological polar surface area (TPSA) is 52.5 Å². The van der Waals surface area contributed by atoms with Crippen LogP contribution in [-0.2, 0) is 11.3 Å². The number of fused-ring (bicyclic) bond motifs is 1. The Kier molecular flexibility index (Phi) is 4.76.